The van der Waals surface area contributed by atoms with Gasteiger partial charge in [-0.15, -0.1) is 0 Å². The zero-order valence-electron chi connectivity index (χ0n) is 13.2. The van der Waals surface area contributed by atoms with Crippen molar-refractivity contribution < 1.29 is 0 Å². The third kappa shape index (κ3) is 2.63. The van der Waals surface area contributed by atoms with E-state index in [0.717, 1.165) is 12.8 Å². The van der Waals surface area contributed by atoms with Crippen molar-refractivity contribution in [3.63, 3.8) is 0 Å². The molecule has 0 radical (unpaired) electrons. The van der Waals surface area contributed by atoms with Gasteiger partial charge >= 0.3 is 0 Å². The van der Waals surface area contributed by atoms with Gasteiger partial charge in [0.15, 0.2) is 0 Å². The van der Waals surface area contributed by atoms with E-state index in [9.17, 15) is 0 Å². The molecule has 1 N–H and O–H groups in total. The standard InChI is InChI=1S/C18H24N4/c1-21-10-7-17(8-11-21)22-18(6-9-19-22)20-16-12-14-4-2-3-5-15(14)13-16/h2-6,9,16-17,20H,7-8,10-13H2,1H3. The van der Waals surface area contributed by atoms with Gasteiger partial charge in [-0.2, -0.15) is 5.10 Å². The van der Waals surface area contributed by atoms with E-state index >= 15 is 0 Å². The molecular formula is C18H24N4. The number of nitrogens with one attached hydrogen (secondary N) is 1. The first-order chi connectivity index (χ1) is 10.8. The van der Waals surface area contributed by atoms with Crippen molar-refractivity contribution in [1.29, 1.82) is 0 Å². The Kier molecular flexibility index (Phi) is 3.62. The number of anilines is 1. The summed E-state index contributed by atoms with van der Waals surface area (Å²) < 4.78 is 2.22. The van der Waals surface area contributed by atoms with Crippen LogP contribution in [-0.4, -0.2) is 40.9 Å². The van der Waals surface area contributed by atoms with Crippen molar-refractivity contribution in [2.75, 3.05) is 25.5 Å². The first kappa shape index (κ1) is 13.8. The van der Waals surface area contributed by atoms with Crippen molar-refractivity contribution in [3.05, 3.63) is 47.7 Å². The molecule has 0 bridgehead atoms. The Labute approximate surface area is 132 Å². The number of likely N-dealkylation sites (tertiary alicyclic amines) is 1. The maximum Gasteiger partial charge on any atom is 0.124 e. The highest BCUT2D eigenvalue weighted by Crippen LogP contribution is 2.28. The van der Waals surface area contributed by atoms with E-state index in [1.54, 1.807) is 0 Å². The normalized spacial score (nSPS) is 20.2. The number of nitrogens with zero attached hydrogens (tertiary/aromatic N) is 3. The Morgan fingerprint density at radius 1 is 1.05 bits per heavy atom. The van der Waals surface area contributed by atoms with E-state index in [2.05, 4.69) is 57.4 Å². The summed E-state index contributed by atoms with van der Waals surface area (Å²) in [7, 11) is 2.20. The molecule has 4 heteroatoms. The molecule has 0 saturated carbocycles. The summed E-state index contributed by atoms with van der Waals surface area (Å²) in [6.07, 6.45) is 6.56. The molecule has 4 nitrogen and oxygen atoms in total. The summed E-state index contributed by atoms with van der Waals surface area (Å²) in [6, 6.07) is 12.0. The van der Waals surface area contributed by atoms with Crippen molar-refractivity contribution in [3.8, 4) is 0 Å². The smallest absolute Gasteiger partial charge is 0.124 e. The number of hydrogen-bond acceptors (Lipinski definition) is 3. The average Bonchev–Trinajstić information content (AvgIpc) is 3.14. The van der Waals surface area contributed by atoms with E-state index < -0.39 is 0 Å². The van der Waals surface area contributed by atoms with Crippen molar-refractivity contribution in [1.82, 2.24) is 14.7 Å². The van der Waals surface area contributed by atoms with E-state index in [1.807, 2.05) is 6.20 Å². The number of rotatable bonds is 3. The van der Waals surface area contributed by atoms with E-state index in [-0.39, 0.29) is 0 Å². The van der Waals surface area contributed by atoms with Gasteiger partial charge in [-0.3, -0.25) is 0 Å². The average molecular weight is 296 g/mol. The Hall–Kier alpha value is -1.81. The van der Waals surface area contributed by atoms with Gasteiger partial charge in [0.05, 0.1) is 12.2 Å². The van der Waals surface area contributed by atoms with Gasteiger partial charge in [-0.05, 0) is 56.9 Å². The molecule has 2 heterocycles. The Morgan fingerprint density at radius 2 is 1.73 bits per heavy atom. The second-order valence-electron chi connectivity index (χ2n) is 6.71. The summed E-state index contributed by atoms with van der Waals surface area (Å²) in [5, 5.41) is 8.32. The Balaban J connectivity index is 1.46. The van der Waals surface area contributed by atoms with Gasteiger partial charge in [0.2, 0.25) is 0 Å². The summed E-state index contributed by atoms with van der Waals surface area (Å²) in [5.74, 6) is 1.19. The highest BCUT2D eigenvalue weighted by Gasteiger charge is 2.24. The molecule has 1 fully saturated rings. The molecule has 1 aromatic heterocycles. The zero-order chi connectivity index (χ0) is 14.9. The molecule has 1 aliphatic heterocycles. The Morgan fingerprint density at radius 3 is 2.41 bits per heavy atom. The number of hydrogen-bond donors (Lipinski definition) is 1. The molecular weight excluding hydrogens is 272 g/mol. The topological polar surface area (TPSA) is 33.1 Å². The van der Waals surface area contributed by atoms with Crippen LogP contribution in [-0.2, 0) is 12.8 Å². The van der Waals surface area contributed by atoms with Gasteiger partial charge in [0, 0.05) is 12.1 Å². The molecule has 1 aliphatic carbocycles. The van der Waals surface area contributed by atoms with E-state index in [4.69, 9.17) is 0 Å². The molecule has 2 aliphatic rings. The van der Waals surface area contributed by atoms with Crippen molar-refractivity contribution in [2.24, 2.45) is 0 Å². The first-order valence-corrected chi connectivity index (χ1v) is 8.35. The van der Waals surface area contributed by atoms with Crippen LogP contribution < -0.4 is 5.32 Å². The number of benzene rings is 1. The fourth-order valence-corrected chi connectivity index (χ4v) is 3.83. The van der Waals surface area contributed by atoms with E-state index in [1.165, 1.54) is 42.9 Å². The molecule has 22 heavy (non-hydrogen) atoms. The van der Waals surface area contributed by atoms with E-state index in [0.29, 0.717) is 12.1 Å². The highest BCUT2D eigenvalue weighted by molar-refractivity contribution is 5.41. The van der Waals surface area contributed by atoms with Crippen LogP contribution in [0.3, 0.4) is 0 Å². The summed E-state index contributed by atoms with van der Waals surface area (Å²) in [5.41, 5.74) is 2.98. The van der Waals surface area contributed by atoms with Gasteiger partial charge in [-0.1, -0.05) is 24.3 Å². The van der Waals surface area contributed by atoms with Crippen LogP contribution in [0.25, 0.3) is 0 Å². The molecule has 1 aromatic carbocycles. The third-order valence-corrected chi connectivity index (χ3v) is 5.11. The third-order valence-electron chi connectivity index (χ3n) is 5.11. The maximum atomic E-state index is 4.59. The van der Waals surface area contributed by atoms with Crippen LogP contribution in [0.15, 0.2) is 36.5 Å². The quantitative estimate of drug-likeness (QED) is 0.945. The lowest BCUT2D eigenvalue weighted by molar-refractivity contribution is 0.213. The fourth-order valence-electron chi connectivity index (χ4n) is 3.83. The minimum absolute atomic E-state index is 0.499. The predicted molar refractivity (Wildman–Crippen MR) is 89.3 cm³/mol. The maximum absolute atomic E-state index is 4.59. The second kappa shape index (κ2) is 5.76. The van der Waals surface area contributed by atoms with Gasteiger partial charge in [0.25, 0.3) is 0 Å². The van der Waals surface area contributed by atoms with Gasteiger partial charge < -0.3 is 10.2 Å². The van der Waals surface area contributed by atoms with Crippen molar-refractivity contribution in [2.45, 2.75) is 37.8 Å². The lowest BCUT2D eigenvalue weighted by Crippen LogP contribution is -2.33. The summed E-state index contributed by atoms with van der Waals surface area (Å²) in [6.45, 7) is 2.33. The van der Waals surface area contributed by atoms with Crippen molar-refractivity contribution >= 4 is 5.82 Å². The molecule has 116 valence electrons. The predicted octanol–water partition coefficient (Wildman–Crippen LogP) is 2.73. The summed E-state index contributed by atoms with van der Waals surface area (Å²) in [4.78, 5) is 2.40. The fraction of sp³-hybridized carbons (Fsp3) is 0.500. The number of fused-ring (bicyclic) bond motifs is 1. The second-order valence-corrected chi connectivity index (χ2v) is 6.71. The highest BCUT2D eigenvalue weighted by atomic mass is 15.3. The monoisotopic (exact) mass is 296 g/mol. The van der Waals surface area contributed by atoms with Crippen LogP contribution in [0.4, 0.5) is 5.82 Å². The molecule has 4 rings (SSSR count). The molecule has 0 atom stereocenters. The van der Waals surface area contributed by atoms with Gasteiger partial charge in [-0.25, -0.2) is 4.68 Å². The molecule has 1 saturated heterocycles. The van der Waals surface area contributed by atoms with Crippen LogP contribution in [0.2, 0.25) is 0 Å². The largest absolute Gasteiger partial charge is 0.367 e. The molecule has 0 unspecified atom stereocenters. The number of aromatic nitrogens is 2. The lowest BCUT2D eigenvalue weighted by atomic mass is 10.1. The lowest BCUT2D eigenvalue weighted by Gasteiger charge is -2.30. The van der Waals surface area contributed by atoms with Crippen LogP contribution in [0.5, 0.6) is 0 Å². The van der Waals surface area contributed by atoms with Gasteiger partial charge in [0.1, 0.15) is 5.82 Å². The van der Waals surface area contributed by atoms with Crippen LogP contribution in [0, 0.1) is 0 Å². The molecule has 0 spiro atoms. The Bertz CT molecular complexity index is 615. The molecule has 2 aromatic rings. The minimum atomic E-state index is 0.499. The minimum Gasteiger partial charge on any atom is -0.367 e. The molecule has 0 amide bonds. The number of piperidine rings is 1. The first-order valence-electron chi connectivity index (χ1n) is 8.35. The van der Waals surface area contributed by atoms with Crippen LogP contribution in [0.1, 0.15) is 30.0 Å². The summed E-state index contributed by atoms with van der Waals surface area (Å²) >= 11 is 0. The SMILES string of the molecule is CN1CCC(n2nccc2NC2Cc3ccccc3C2)CC1. The zero-order valence-corrected chi connectivity index (χ0v) is 13.2. The van der Waals surface area contributed by atoms with Crippen LogP contribution >= 0.6 is 0 Å².